The van der Waals surface area contributed by atoms with E-state index in [0.29, 0.717) is 18.7 Å². The van der Waals surface area contributed by atoms with E-state index in [1.54, 1.807) is 19.2 Å². The summed E-state index contributed by atoms with van der Waals surface area (Å²) >= 11 is 0. The Bertz CT molecular complexity index is 631. The van der Waals surface area contributed by atoms with E-state index < -0.39 is 11.5 Å². The molecule has 1 aromatic carbocycles. The molecule has 0 bridgehead atoms. The fourth-order valence-electron chi connectivity index (χ4n) is 2.42. The van der Waals surface area contributed by atoms with Gasteiger partial charge in [-0.05, 0) is 54.0 Å². The zero-order valence-corrected chi connectivity index (χ0v) is 11.0. The summed E-state index contributed by atoms with van der Waals surface area (Å²) in [5.74, 6) is 0.310. The fourth-order valence-corrected chi connectivity index (χ4v) is 2.42. The quantitative estimate of drug-likeness (QED) is 0.904. The molecule has 0 amide bonds. The van der Waals surface area contributed by atoms with Crippen LogP contribution in [0.1, 0.15) is 19.3 Å². The number of carboxylic acid groups (broad SMARTS) is 1. The van der Waals surface area contributed by atoms with Crippen molar-refractivity contribution in [1.29, 1.82) is 0 Å². The summed E-state index contributed by atoms with van der Waals surface area (Å²) in [6, 6.07) is 7.22. The minimum Gasteiger partial charge on any atom is -0.497 e. The van der Waals surface area contributed by atoms with Gasteiger partial charge in [-0.2, -0.15) is 0 Å². The fraction of sp³-hybridized carbons (Fsp3) is 0.385. The third-order valence-corrected chi connectivity index (χ3v) is 3.80. The summed E-state index contributed by atoms with van der Waals surface area (Å²) in [6.07, 6.45) is 1.97. The number of hydrogen-bond acceptors (Lipinski definition) is 5. The highest BCUT2D eigenvalue weighted by Crippen LogP contribution is 2.40. The molecule has 0 atom stereocenters. The van der Waals surface area contributed by atoms with Crippen LogP contribution < -0.4 is 4.74 Å². The number of carbonyl (C=O) groups is 1. The third-order valence-electron chi connectivity index (χ3n) is 3.80. The number of ether oxygens (including phenoxy) is 1. The van der Waals surface area contributed by atoms with Crippen molar-refractivity contribution < 1.29 is 14.6 Å². The minimum absolute atomic E-state index is 0.467. The van der Waals surface area contributed by atoms with Crippen molar-refractivity contribution in [2.75, 3.05) is 7.11 Å². The highest BCUT2D eigenvalue weighted by Gasteiger charge is 2.49. The van der Waals surface area contributed by atoms with Crippen molar-refractivity contribution in [2.24, 2.45) is 0 Å². The van der Waals surface area contributed by atoms with Gasteiger partial charge in [-0.1, -0.05) is 0 Å². The number of aliphatic carboxylic acids is 1. The van der Waals surface area contributed by atoms with E-state index in [1.165, 1.54) is 4.68 Å². The average molecular weight is 274 g/mol. The summed E-state index contributed by atoms with van der Waals surface area (Å²) in [5, 5.41) is 21.0. The average Bonchev–Trinajstić information content (AvgIpc) is 2.87. The van der Waals surface area contributed by atoms with Gasteiger partial charge in [0.1, 0.15) is 5.75 Å². The van der Waals surface area contributed by atoms with Gasteiger partial charge in [0.15, 0.2) is 11.4 Å². The summed E-state index contributed by atoms with van der Waals surface area (Å²) in [7, 11) is 1.59. The van der Waals surface area contributed by atoms with Gasteiger partial charge >= 0.3 is 5.97 Å². The molecule has 7 nitrogen and oxygen atoms in total. The van der Waals surface area contributed by atoms with Crippen LogP contribution in [-0.4, -0.2) is 38.4 Å². The Balaban J connectivity index is 2.03. The first-order chi connectivity index (χ1) is 9.67. The molecule has 0 radical (unpaired) electrons. The van der Waals surface area contributed by atoms with Crippen LogP contribution in [0.2, 0.25) is 0 Å². The molecule has 0 unspecified atom stereocenters. The van der Waals surface area contributed by atoms with Crippen LogP contribution in [0, 0.1) is 0 Å². The molecule has 1 heterocycles. The first kappa shape index (κ1) is 12.6. The maximum Gasteiger partial charge on any atom is 0.331 e. The summed E-state index contributed by atoms with van der Waals surface area (Å²) in [5.41, 5.74) is -0.234. The van der Waals surface area contributed by atoms with Crippen molar-refractivity contribution in [3.63, 3.8) is 0 Å². The molecule has 104 valence electrons. The largest absolute Gasteiger partial charge is 0.497 e. The van der Waals surface area contributed by atoms with Crippen molar-refractivity contribution in [3.05, 3.63) is 24.3 Å². The van der Waals surface area contributed by atoms with Crippen LogP contribution in [-0.2, 0) is 10.3 Å². The highest BCUT2D eigenvalue weighted by molar-refractivity contribution is 5.78. The van der Waals surface area contributed by atoms with Crippen LogP contribution in [0.25, 0.3) is 11.4 Å². The summed E-state index contributed by atoms with van der Waals surface area (Å²) < 4.78 is 6.53. The smallest absolute Gasteiger partial charge is 0.331 e. The second-order valence-electron chi connectivity index (χ2n) is 4.83. The predicted molar refractivity (Wildman–Crippen MR) is 69.3 cm³/mol. The number of nitrogens with zero attached hydrogens (tertiary/aromatic N) is 4. The first-order valence-electron chi connectivity index (χ1n) is 6.34. The second kappa shape index (κ2) is 4.59. The number of benzene rings is 1. The van der Waals surface area contributed by atoms with Gasteiger partial charge in [-0.25, -0.2) is 9.48 Å². The van der Waals surface area contributed by atoms with Gasteiger partial charge in [0.25, 0.3) is 0 Å². The molecule has 1 fully saturated rings. The number of tetrazole rings is 1. The van der Waals surface area contributed by atoms with Crippen LogP contribution >= 0.6 is 0 Å². The molecule has 0 saturated heterocycles. The number of carboxylic acids is 1. The molecule has 1 N–H and O–H groups in total. The van der Waals surface area contributed by atoms with E-state index >= 15 is 0 Å². The number of hydrogen-bond donors (Lipinski definition) is 1. The summed E-state index contributed by atoms with van der Waals surface area (Å²) in [4.78, 5) is 11.5. The standard InChI is InChI=1S/C13H14N4O3/c1-20-10-5-3-9(4-6-10)11-14-15-16-17(11)13(12(18)19)7-2-8-13/h3-6H,2,7-8H2,1H3,(H,18,19). The van der Waals surface area contributed by atoms with E-state index in [9.17, 15) is 9.90 Å². The van der Waals surface area contributed by atoms with Crippen LogP contribution in [0.3, 0.4) is 0 Å². The van der Waals surface area contributed by atoms with Crippen molar-refractivity contribution in [2.45, 2.75) is 24.8 Å². The second-order valence-corrected chi connectivity index (χ2v) is 4.83. The van der Waals surface area contributed by atoms with Crippen molar-refractivity contribution >= 4 is 5.97 Å². The van der Waals surface area contributed by atoms with Crippen molar-refractivity contribution in [3.8, 4) is 17.1 Å². The van der Waals surface area contributed by atoms with E-state index in [0.717, 1.165) is 17.7 Å². The molecule has 1 saturated carbocycles. The van der Waals surface area contributed by atoms with E-state index in [-0.39, 0.29) is 0 Å². The zero-order chi connectivity index (χ0) is 14.2. The van der Waals surface area contributed by atoms with Gasteiger partial charge in [0.05, 0.1) is 7.11 Å². The van der Waals surface area contributed by atoms with Crippen LogP contribution in [0.15, 0.2) is 24.3 Å². The lowest BCUT2D eigenvalue weighted by Crippen LogP contribution is -2.48. The monoisotopic (exact) mass is 274 g/mol. The Morgan fingerprint density at radius 1 is 1.35 bits per heavy atom. The lowest BCUT2D eigenvalue weighted by Gasteiger charge is -2.37. The molecule has 1 aliphatic carbocycles. The molecule has 0 spiro atoms. The van der Waals surface area contributed by atoms with E-state index in [2.05, 4.69) is 15.5 Å². The Morgan fingerprint density at radius 2 is 2.05 bits per heavy atom. The van der Waals surface area contributed by atoms with Gasteiger partial charge in [-0.15, -0.1) is 5.10 Å². The first-order valence-corrected chi connectivity index (χ1v) is 6.34. The van der Waals surface area contributed by atoms with Crippen LogP contribution in [0.4, 0.5) is 0 Å². The van der Waals surface area contributed by atoms with Crippen molar-refractivity contribution in [1.82, 2.24) is 20.2 Å². The minimum atomic E-state index is -1.00. The lowest BCUT2D eigenvalue weighted by molar-refractivity contribution is -0.153. The Labute approximate surface area is 115 Å². The topological polar surface area (TPSA) is 90.1 Å². The SMILES string of the molecule is COc1ccc(-c2nnnn2C2(C(=O)O)CCC2)cc1. The molecule has 1 aromatic heterocycles. The van der Waals surface area contributed by atoms with Gasteiger partial charge in [0.2, 0.25) is 0 Å². The maximum absolute atomic E-state index is 11.5. The normalized spacial score (nSPS) is 16.4. The Morgan fingerprint density at radius 3 is 2.55 bits per heavy atom. The number of methoxy groups -OCH3 is 1. The number of rotatable bonds is 4. The van der Waals surface area contributed by atoms with Crippen LogP contribution in [0.5, 0.6) is 5.75 Å². The molecule has 0 aliphatic heterocycles. The highest BCUT2D eigenvalue weighted by atomic mass is 16.5. The van der Waals surface area contributed by atoms with E-state index in [1.807, 2.05) is 12.1 Å². The van der Waals surface area contributed by atoms with Gasteiger partial charge in [0, 0.05) is 5.56 Å². The molecular formula is C13H14N4O3. The van der Waals surface area contributed by atoms with Gasteiger partial charge in [-0.3, -0.25) is 0 Å². The molecule has 2 aromatic rings. The Kier molecular flexibility index (Phi) is 2.89. The Hall–Kier alpha value is -2.44. The third kappa shape index (κ3) is 1.74. The van der Waals surface area contributed by atoms with Gasteiger partial charge < -0.3 is 9.84 Å². The lowest BCUT2D eigenvalue weighted by atomic mass is 9.76. The molecular weight excluding hydrogens is 260 g/mol. The summed E-state index contributed by atoms with van der Waals surface area (Å²) in [6.45, 7) is 0. The molecule has 20 heavy (non-hydrogen) atoms. The van der Waals surface area contributed by atoms with E-state index in [4.69, 9.17) is 4.74 Å². The zero-order valence-electron chi connectivity index (χ0n) is 11.0. The molecule has 7 heteroatoms. The number of aromatic nitrogens is 4. The molecule has 1 aliphatic rings. The molecule has 3 rings (SSSR count). The maximum atomic E-state index is 11.5. The predicted octanol–water partition coefficient (Wildman–Crippen LogP) is 1.31.